The smallest absolute Gasteiger partial charge is 0.261 e. The Hall–Kier alpha value is -2.66. The molecule has 1 N–H and O–H groups in total. The summed E-state index contributed by atoms with van der Waals surface area (Å²) in [5.74, 6) is -0.965. The maximum absolute atomic E-state index is 12.4. The zero-order valence-corrected chi connectivity index (χ0v) is 14.7. The van der Waals surface area contributed by atoms with Gasteiger partial charge in [-0.3, -0.25) is 19.3 Å². The summed E-state index contributed by atoms with van der Waals surface area (Å²) in [6.45, 7) is 3.75. The number of carbonyl (C=O) groups is 3. The molecule has 128 valence electrons. The summed E-state index contributed by atoms with van der Waals surface area (Å²) in [6.07, 6.45) is 0.0342. The predicted octanol–water partition coefficient (Wildman–Crippen LogP) is 3.58. The lowest BCUT2D eigenvalue weighted by atomic mass is 10.1. The number of amides is 3. The standard InChI is InChI=1S/C19H17ClN2O3/c1-11-3-5-14-15(9-11)19(25)22(18(14)24)8-7-17(23)21-16-6-4-13(20)10-12(16)2/h3-6,9-10H,7-8H2,1-2H3,(H,21,23). The summed E-state index contributed by atoms with van der Waals surface area (Å²) in [5, 5.41) is 3.37. The quantitative estimate of drug-likeness (QED) is 0.851. The highest BCUT2D eigenvalue weighted by atomic mass is 35.5. The Morgan fingerprint density at radius 3 is 2.48 bits per heavy atom. The second kappa shape index (κ2) is 6.69. The van der Waals surface area contributed by atoms with Crippen LogP contribution in [-0.2, 0) is 4.79 Å². The molecule has 3 amide bonds. The highest BCUT2D eigenvalue weighted by molar-refractivity contribution is 6.30. The number of imide groups is 1. The highest BCUT2D eigenvalue weighted by Gasteiger charge is 2.35. The summed E-state index contributed by atoms with van der Waals surface area (Å²) >= 11 is 5.89. The van der Waals surface area contributed by atoms with Crippen molar-refractivity contribution < 1.29 is 14.4 Å². The Labute approximate surface area is 150 Å². The summed E-state index contributed by atoms with van der Waals surface area (Å²) in [5.41, 5.74) is 3.21. The number of rotatable bonds is 4. The number of hydrogen-bond acceptors (Lipinski definition) is 3. The molecule has 0 atom stereocenters. The van der Waals surface area contributed by atoms with Crippen LogP contribution < -0.4 is 5.32 Å². The van der Waals surface area contributed by atoms with Gasteiger partial charge >= 0.3 is 0 Å². The van der Waals surface area contributed by atoms with Gasteiger partial charge in [0.25, 0.3) is 11.8 Å². The molecule has 3 rings (SSSR count). The molecule has 0 aliphatic carbocycles. The molecule has 5 nitrogen and oxygen atoms in total. The van der Waals surface area contributed by atoms with Crippen molar-refractivity contribution in [1.29, 1.82) is 0 Å². The van der Waals surface area contributed by atoms with Gasteiger partial charge in [0, 0.05) is 23.7 Å². The number of carbonyl (C=O) groups excluding carboxylic acids is 3. The van der Waals surface area contributed by atoms with Crippen LogP contribution in [0.4, 0.5) is 5.69 Å². The van der Waals surface area contributed by atoms with Gasteiger partial charge in [-0.05, 0) is 49.7 Å². The SMILES string of the molecule is Cc1ccc2c(c1)C(=O)N(CCC(=O)Nc1ccc(Cl)cc1C)C2=O. The van der Waals surface area contributed by atoms with Crippen molar-refractivity contribution in [3.63, 3.8) is 0 Å². The average Bonchev–Trinajstić information content (AvgIpc) is 2.79. The van der Waals surface area contributed by atoms with E-state index in [0.29, 0.717) is 21.8 Å². The molecule has 6 heteroatoms. The Morgan fingerprint density at radius 2 is 1.76 bits per heavy atom. The van der Waals surface area contributed by atoms with Crippen LogP contribution in [0.2, 0.25) is 5.02 Å². The number of fused-ring (bicyclic) bond motifs is 1. The molecule has 0 spiro atoms. The van der Waals surface area contributed by atoms with Crippen LogP contribution >= 0.6 is 11.6 Å². The van der Waals surface area contributed by atoms with E-state index in [9.17, 15) is 14.4 Å². The first-order valence-corrected chi connectivity index (χ1v) is 8.27. The van der Waals surface area contributed by atoms with E-state index in [-0.39, 0.29) is 30.7 Å². The van der Waals surface area contributed by atoms with E-state index in [1.165, 1.54) is 0 Å². The zero-order valence-electron chi connectivity index (χ0n) is 13.9. The first kappa shape index (κ1) is 17.2. The van der Waals surface area contributed by atoms with Gasteiger partial charge in [0.15, 0.2) is 0 Å². The van der Waals surface area contributed by atoms with Crippen LogP contribution in [-0.4, -0.2) is 29.2 Å². The van der Waals surface area contributed by atoms with Gasteiger partial charge < -0.3 is 5.32 Å². The second-order valence-electron chi connectivity index (χ2n) is 6.07. The van der Waals surface area contributed by atoms with Gasteiger partial charge in [-0.25, -0.2) is 0 Å². The Balaban J connectivity index is 1.65. The third-order valence-electron chi connectivity index (χ3n) is 4.15. The van der Waals surface area contributed by atoms with E-state index in [0.717, 1.165) is 16.0 Å². The summed E-state index contributed by atoms with van der Waals surface area (Å²) < 4.78 is 0. The lowest BCUT2D eigenvalue weighted by Gasteiger charge is -2.14. The third-order valence-corrected chi connectivity index (χ3v) is 4.39. The molecule has 0 aromatic heterocycles. The normalized spacial score (nSPS) is 13.2. The second-order valence-corrected chi connectivity index (χ2v) is 6.50. The maximum atomic E-state index is 12.4. The molecule has 0 unspecified atom stereocenters. The third kappa shape index (κ3) is 3.42. The summed E-state index contributed by atoms with van der Waals surface area (Å²) in [6, 6.07) is 10.3. The zero-order chi connectivity index (χ0) is 18.1. The van der Waals surface area contributed by atoms with Gasteiger partial charge in [-0.2, -0.15) is 0 Å². The summed E-state index contributed by atoms with van der Waals surface area (Å²) in [4.78, 5) is 38.0. The topological polar surface area (TPSA) is 66.5 Å². The molecule has 1 aliphatic heterocycles. The summed E-state index contributed by atoms with van der Waals surface area (Å²) in [7, 11) is 0. The van der Waals surface area contributed by atoms with Gasteiger partial charge in [0.2, 0.25) is 5.91 Å². The largest absolute Gasteiger partial charge is 0.326 e. The fourth-order valence-electron chi connectivity index (χ4n) is 2.80. The van der Waals surface area contributed by atoms with Gasteiger partial charge in [-0.1, -0.05) is 23.2 Å². The van der Waals surface area contributed by atoms with Gasteiger partial charge in [-0.15, -0.1) is 0 Å². The van der Waals surface area contributed by atoms with Crippen molar-refractivity contribution in [1.82, 2.24) is 4.90 Å². The molecule has 1 aliphatic rings. The minimum atomic E-state index is -0.351. The van der Waals surface area contributed by atoms with Crippen molar-refractivity contribution in [2.75, 3.05) is 11.9 Å². The number of aryl methyl sites for hydroxylation is 2. The van der Waals surface area contributed by atoms with E-state index in [1.807, 2.05) is 13.8 Å². The molecule has 2 aromatic carbocycles. The van der Waals surface area contributed by atoms with Crippen molar-refractivity contribution >= 4 is 35.0 Å². The molecule has 0 saturated heterocycles. The van der Waals surface area contributed by atoms with Crippen LogP contribution in [0.5, 0.6) is 0 Å². The Kier molecular flexibility index (Phi) is 4.59. The monoisotopic (exact) mass is 356 g/mol. The van der Waals surface area contributed by atoms with E-state index < -0.39 is 0 Å². The molecule has 1 heterocycles. The molecular formula is C19H17ClN2O3. The highest BCUT2D eigenvalue weighted by Crippen LogP contribution is 2.24. The number of halogens is 1. The van der Waals surface area contributed by atoms with Crippen molar-refractivity contribution in [3.05, 3.63) is 63.7 Å². The first-order valence-electron chi connectivity index (χ1n) is 7.89. The van der Waals surface area contributed by atoms with E-state index in [1.54, 1.807) is 36.4 Å². The predicted molar refractivity (Wildman–Crippen MR) is 96.0 cm³/mol. The van der Waals surface area contributed by atoms with Crippen LogP contribution in [0.25, 0.3) is 0 Å². The fourth-order valence-corrected chi connectivity index (χ4v) is 3.03. The number of hydrogen-bond donors (Lipinski definition) is 1. The van der Waals surface area contributed by atoms with E-state index in [4.69, 9.17) is 11.6 Å². The number of anilines is 1. The number of nitrogens with one attached hydrogen (secondary N) is 1. The van der Waals surface area contributed by atoms with Crippen LogP contribution in [0.15, 0.2) is 36.4 Å². The van der Waals surface area contributed by atoms with Crippen molar-refractivity contribution in [2.45, 2.75) is 20.3 Å². The van der Waals surface area contributed by atoms with Gasteiger partial charge in [0.1, 0.15) is 0 Å². The molecular weight excluding hydrogens is 340 g/mol. The maximum Gasteiger partial charge on any atom is 0.261 e. The molecule has 0 fully saturated rings. The lowest BCUT2D eigenvalue weighted by Crippen LogP contribution is -2.32. The van der Waals surface area contributed by atoms with Crippen LogP contribution in [0.1, 0.15) is 38.3 Å². The van der Waals surface area contributed by atoms with E-state index >= 15 is 0 Å². The average molecular weight is 357 g/mol. The van der Waals surface area contributed by atoms with Crippen molar-refractivity contribution in [2.24, 2.45) is 0 Å². The van der Waals surface area contributed by atoms with E-state index in [2.05, 4.69) is 5.32 Å². The van der Waals surface area contributed by atoms with Crippen LogP contribution in [0.3, 0.4) is 0 Å². The lowest BCUT2D eigenvalue weighted by molar-refractivity contribution is -0.116. The minimum Gasteiger partial charge on any atom is -0.326 e. The molecule has 0 saturated carbocycles. The van der Waals surface area contributed by atoms with Gasteiger partial charge in [0.05, 0.1) is 11.1 Å². The fraction of sp³-hybridized carbons (Fsp3) is 0.211. The molecule has 2 aromatic rings. The molecule has 25 heavy (non-hydrogen) atoms. The molecule has 0 bridgehead atoms. The number of nitrogens with zero attached hydrogens (tertiary/aromatic N) is 1. The first-order chi connectivity index (χ1) is 11.9. The molecule has 0 radical (unpaired) electrons. The van der Waals surface area contributed by atoms with Crippen LogP contribution in [0, 0.1) is 13.8 Å². The Bertz CT molecular complexity index is 892. The number of benzene rings is 2. The minimum absolute atomic E-state index is 0.0342. The van der Waals surface area contributed by atoms with Crippen molar-refractivity contribution in [3.8, 4) is 0 Å². The Morgan fingerprint density at radius 1 is 1.04 bits per heavy atom.